The molecule has 1 amide bonds. The number of nitrogens with one attached hydrogen (secondary N) is 1. The molecule has 3 rings (SSSR count). The number of anilines is 1. The van der Waals surface area contributed by atoms with E-state index >= 15 is 0 Å². The van der Waals surface area contributed by atoms with Crippen molar-refractivity contribution in [2.45, 2.75) is 0 Å². The number of carbonyl (C=O) groups is 1. The summed E-state index contributed by atoms with van der Waals surface area (Å²) in [6.07, 6.45) is 1.62. The Morgan fingerprint density at radius 3 is 1.88 bits per heavy atom. The van der Waals surface area contributed by atoms with Crippen molar-refractivity contribution in [2.24, 2.45) is 0 Å². The summed E-state index contributed by atoms with van der Waals surface area (Å²) in [5, 5.41) is 2.89. The van der Waals surface area contributed by atoms with Crippen LogP contribution in [-0.4, -0.2) is 13.0 Å². The van der Waals surface area contributed by atoms with Crippen LogP contribution in [0.1, 0.15) is 11.1 Å². The van der Waals surface area contributed by atoms with Crippen LogP contribution in [0.25, 0.3) is 5.57 Å². The van der Waals surface area contributed by atoms with Crippen molar-refractivity contribution in [2.75, 3.05) is 12.4 Å². The van der Waals surface area contributed by atoms with Gasteiger partial charge in [0.15, 0.2) is 0 Å². The normalized spacial score (nSPS) is 9.96. The van der Waals surface area contributed by atoms with Gasteiger partial charge in [-0.15, -0.1) is 0 Å². The van der Waals surface area contributed by atoms with E-state index in [1.807, 2.05) is 84.9 Å². The lowest BCUT2D eigenvalue weighted by Crippen LogP contribution is -2.10. The third-order valence-electron chi connectivity index (χ3n) is 3.81. The molecule has 3 aromatic carbocycles. The molecule has 0 fully saturated rings. The maximum Gasteiger partial charge on any atom is 0.249 e. The fourth-order valence-corrected chi connectivity index (χ4v) is 2.62. The molecule has 0 aliphatic heterocycles. The van der Waals surface area contributed by atoms with Crippen LogP contribution in [-0.2, 0) is 4.79 Å². The molecule has 0 heterocycles. The molecule has 0 saturated carbocycles. The predicted molar refractivity (Wildman–Crippen MR) is 102 cm³/mol. The second kappa shape index (κ2) is 7.97. The Labute approximate surface area is 147 Å². The van der Waals surface area contributed by atoms with Crippen LogP contribution in [0.4, 0.5) is 5.69 Å². The first-order valence-electron chi connectivity index (χ1n) is 8.04. The molecule has 0 spiro atoms. The van der Waals surface area contributed by atoms with Gasteiger partial charge in [-0.1, -0.05) is 72.8 Å². The average Bonchev–Trinajstić information content (AvgIpc) is 2.68. The Kier molecular flexibility index (Phi) is 5.27. The molecule has 0 radical (unpaired) electrons. The Morgan fingerprint density at radius 2 is 1.32 bits per heavy atom. The van der Waals surface area contributed by atoms with E-state index < -0.39 is 0 Å². The molecule has 3 nitrogen and oxygen atoms in total. The second-order valence-electron chi connectivity index (χ2n) is 5.48. The maximum atomic E-state index is 12.6. The lowest BCUT2D eigenvalue weighted by molar-refractivity contribution is -0.111. The highest BCUT2D eigenvalue weighted by Crippen LogP contribution is 2.25. The predicted octanol–water partition coefficient (Wildman–Crippen LogP) is 4.77. The second-order valence-corrected chi connectivity index (χ2v) is 5.48. The zero-order valence-corrected chi connectivity index (χ0v) is 14.0. The zero-order chi connectivity index (χ0) is 17.5. The molecule has 3 aromatic rings. The molecule has 0 bridgehead atoms. The highest BCUT2D eigenvalue weighted by atomic mass is 16.5. The quantitative estimate of drug-likeness (QED) is 0.685. The topological polar surface area (TPSA) is 38.3 Å². The van der Waals surface area contributed by atoms with Crippen molar-refractivity contribution >= 4 is 17.2 Å². The molecule has 1 N–H and O–H groups in total. The van der Waals surface area contributed by atoms with Crippen molar-refractivity contribution < 1.29 is 9.53 Å². The van der Waals surface area contributed by atoms with Gasteiger partial charge in [-0.05, 0) is 28.8 Å². The van der Waals surface area contributed by atoms with Crippen LogP contribution in [0.15, 0.2) is 91.0 Å². The molecule has 0 saturated heterocycles. The van der Waals surface area contributed by atoms with E-state index in [1.165, 1.54) is 0 Å². The Morgan fingerprint density at radius 1 is 0.800 bits per heavy atom. The third kappa shape index (κ3) is 4.15. The van der Waals surface area contributed by atoms with Gasteiger partial charge in [0.05, 0.1) is 12.8 Å². The largest absolute Gasteiger partial charge is 0.495 e. The average molecular weight is 329 g/mol. The van der Waals surface area contributed by atoms with Crippen LogP contribution in [0.5, 0.6) is 5.75 Å². The van der Waals surface area contributed by atoms with Crippen molar-refractivity contribution in [3.05, 3.63) is 102 Å². The fourth-order valence-electron chi connectivity index (χ4n) is 2.62. The van der Waals surface area contributed by atoms with Gasteiger partial charge < -0.3 is 10.1 Å². The molecule has 0 atom stereocenters. The van der Waals surface area contributed by atoms with Gasteiger partial charge in [0.2, 0.25) is 5.91 Å². The van der Waals surface area contributed by atoms with Crippen LogP contribution < -0.4 is 10.1 Å². The van der Waals surface area contributed by atoms with E-state index in [1.54, 1.807) is 13.2 Å². The number of methoxy groups -OCH3 is 1. The van der Waals surface area contributed by atoms with Crippen molar-refractivity contribution in [3.63, 3.8) is 0 Å². The third-order valence-corrected chi connectivity index (χ3v) is 3.81. The number of rotatable bonds is 5. The van der Waals surface area contributed by atoms with E-state index in [2.05, 4.69) is 5.32 Å². The van der Waals surface area contributed by atoms with E-state index in [0.29, 0.717) is 11.4 Å². The monoisotopic (exact) mass is 329 g/mol. The van der Waals surface area contributed by atoms with Crippen molar-refractivity contribution in [1.82, 2.24) is 0 Å². The summed E-state index contributed by atoms with van der Waals surface area (Å²) in [4.78, 5) is 12.6. The summed E-state index contributed by atoms with van der Waals surface area (Å²) in [7, 11) is 1.58. The first-order valence-corrected chi connectivity index (χ1v) is 8.04. The van der Waals surface area contributed by atoms with E-state index in [0.717, 1.165) is 16.7 Å². The van der Waals surface area contributed by atoms with E-state index in [4.69, 9.17) is 4.74 Å². The van der Waals surface area contributed by atoms with Gasteiger partial charge in [-0.2, -0.15) is 0 Å². The van der Waals surface area contributed by atoms with Gasteiger partial charge >= 0.3 is 0 Å². The van der Waals surface area contributed by atoms with Gasteiger partial charge in [-0.25, -0.2) is 0 Å². The van der Waals surface area contributed by atoms with Gasteiger partial charge in [0.1, 0.15) is 5.75 Å². The van der Waals surface area contributed by atoms with E-state index in [-0.39, 0.29) is 5.91 Å². The van der Waals surface area contributed by atoms with Crippen LogP contribution in [0.2, 0.25) is 0 Å². The smallest absolute Gasteiger partial charge is 0.249 e. The maximum absolute atomic E-state index is 12.6. The molecule has 0 aliphatic carbocycles. The number of hydrogen-bond donors (Lipinski definition) is 1. The van der Waals surface area contributed by atoms with Gasteiger partial charge in [0.25, 0.3) is 0 Å². The Hall–Kier alpha value is -3.33. The number of benzene rings is 3. The fraction of sp³-hybridized carbons (Fsp3) is 0.0455. The Bertz CT molecular complexity index is 829. The van der Waals surface area contributed by atoms with Crippen molar-refractivity contribution in [1.29, 1.82) is 0 Å². The molecular weight excluding hydrogens is 310 g/mol. The minimum atomic E-state index is -0.202. The minimum absolute atomic E-state index is 0.202. The first kappa shape index (κ1) is 16.5. The summed E-state index contributed by atoms with van der Waals surface area (Å²) < 4.78 is 5.29. The molecule has 0 aromatic heterocycles. The molecule has 124 valence electrons. The lowest BCUT2D eigenvalue weighted by Gasteiger charge is -2.11. The van der Waals surface area contributed by atoms with E-state index in [9.17, 15) is 4.79 Å². The number of para-hydroxylation sites is 2. The summed E-state index contributed by atoms with van der Waals surface area (Å²) in [5.41, 5.74) is 3.49. The molecule has 0 unspecified atom stereocenters. The summed E-state index contributed by atoms with van der Waals surface area (Å²) >= 11 is 0. The van der Waals surface area contributed by atoms with Crippen molar-refractivity contribution in [3.8, 4) is 5.75 Å². The molecule has 0 aliphatic rings. The van der Waals surface area contributed by atoms with Gasteiger partial charge in [-0.3, -0.25) is 4.79 Å². The lowest BCUT2D eigenvalue weighted by atomic mass is 9.97. The number of amides is 1. The summed E-state index contributed by atoms with van der Waals surface area (Å²) in [5.74, 6) is 0.428. The zero-order valence-electron chi connectivity index (χ0n) is 14.0. The highest BCUT2D eigenvalue weighted by molar-refractivity contribution is 6.06. The van der Waals surface area contributed by atoms with Crippen LogP contribution in [0, 0.1) is 0 Å². The number of hydrogen-bond acceptors (Lipinski definition) is 2. The standard InChI is InChI=1S/C22H19NO2/c1-25-21-15-9-8-14-20(21)23-22(24)16-19(17-10-4-2-5-11-17)18-12-6-3-7-13-18/h2-16H,1H3,(H,23,24). The highest BCUT2D eigenvalue weighted by Gasteiger charge is 2.09. The molecule has 3 heteroatoms. The van der Waals surface area contributed by atoms with Crippen LogP contribution >= 0.6 is 0 Å². The van der Waals surface area contributed by atoms with Gasteiger partial charge in [0, 0.05) is 6.08 Å². The first-order chi connectivity index (χ1) is 12.3. The SMILES string of the molecule is COc1ccccc1NC(=O)C=C(c1ccccc1)c1ccccc1. The number of carbonyl (C=O) groups excluding carboxylic acids is 1. The summed E-state index contributed by atoms with van der Waals surface area (Å²) in [6, 6.07) is 27.1. The minimum Gasteiger partial charge on any atom is -0.495 e. The summed E-state index contributed by atoms with van der Waals surface area (Å²) in [6.45, 7) is 0. The van der Waals surface area contributed by atoms with Crippen LogP contribution in [0.3, 0.4) is 0 Å². The number of ether oxygens (including phenoxy) is 1. The molecule has 25 heavy (non-hydrogen) atoms. The Balaban J connectivity index is 1.94. The molecular formula is C22H19NO2.